The van der Waals surface area contributed by atoms with Crippen molar-refractivity contribution in [3.63, 3.8) is 0 Å². The largest absolute Gasteiger partial charge is 0.394 e. The molecule has 12 heavy (non-hydrogen) atoms. The summed E-state index contributed by atoms with van der Waals surface area (Å²) in [6.45, 7) is -0.408. The smallest absolute Gasteiger partial charge is 0.0663 e. The molecule has 5 nitrogen and oxygen atoms in total. The topological polar surface area (TPSA) is 113 Å². The van der Waals surface area contributed by atoms with Gasteiger partial charge in [0.25, 0.3) is 0 Å². The first-order chi connectivity index (χ1) is 5.58. The molecule has 5 heteroatoms. The van der Waals surface area contributed by atoms with E-state index in [2.05, 4.69) is 0 Å². The number of aliphatic hydroxyl groups is 3. The third-order valence-corrected chi connectivity index (χ3v) is 1.88. The molecule has 0 radical (unpaired) electrons. The lowest BCUT2D eigenvalue weighted by atomic mass is 9.95. The standard InChI is InChI=1S/C7H18N2O3/c8-3-6(12)1-2-7(9,4-10)5-11/h6,10-12H,1-5,8-9H2. The normalized spacial score (nSPS) is 14.8. The van der Waals surface area contributed by atoms with Crippen molar-refractivity contribution in [3.05, 3.63) is 0 Å². The maximum atomic E-state index is 9.07. The summed E-state index contributed by atoms with van der Waals surface area (Å²) in [4.78, 5) is 0. The zero-order valence-corrected chi connectivity index (χ0v) is 7.11. The molecular weight excluding hydrogens is 160 g/mol. The average Bonchev–Trinajstić information content (AvgIpc) is 2.13. The molecule has 74 valence electrons. The lowest BCUT2D eigenvalue weighted by Gasteiger charge is -2.25. The Hall–Kier alpha value is -0.200. The van der Waals surface area contributed by atoms with Crippen LogP contribution in [0.1, 0.15) is 12.8 Å². The van der Waals surface area contributed by atoms with E-state index < -0.39 is 11.6 Å². The molecule has 7 N–H and O–H groups in total. The van der Waals surface area contributed by atoms with Crippen molar-refractivity contribution in [1.29, 1.82) is 0 Å². The van der Waals surface area contributed by atoms with Crippen LogP contribution >= 0.6 is 0 Å². The Kier molecular flexibility index (Phi) is 5.36. The number of hydrogen-bond donors (Lipinski definition) is 5. The Bertz CT molecular complexity index is 117. The van der Waals surface area contributed by atoms with Gasteiger partial charge in [-0.1, -0.05) is 0 Å². The average molecular weight is 178 g/mol. The van der Waals surface area contributed by atoms with Gasteiger partial charge in [-0.15, -0.1) is 0 Å². The van der Waals surface area contributed by atoms with Crippen molar-refractivity contribution in [3.8, 4) is 0 Å². The fraction of sp³-hybridized carbons (Fsp3) is 1.00. The van der Waals surface area contributed by atoms with Crippen LogP contribution in [0.25, 0.3) is 0 Å². The molecule has 1 atom stereocenters. The second kappa shape index (κ2) is 5.45. The van der Waals surface area contributed by atoms with Gasteiger partial charge in [-0.2, -0.15) is 0 Å². The summed E-state index contributed by atoms with van der Waals surface area (Å²) in [5.41, 5.74) is 9.73. The Morgan fingerprint density at radius 3 is 2.08 bits per heavy atom. The van der Waals surface area contributed by atoms with E-state index in [0.29, 0.717) is 12.8 Å². The SMILES string of the molecule is NCC(O)CCC(N)(CO)CO. The maximum absolute atomic E-state index is 9.07. The third-order valence-electron chi connectivity index (χ3n) is 1.88. The van der Waals surface area contributed by atoms with E-state index in [4.69, 9.17) is 26.8 Å². The summed E-state index contributed by atoms with van der Waals surface area (Å²) in [5.74, 6) is 0. The highest BCUT2D eigenvalue weighted by molar-refractivity contribution is 4.83. The molecule has 0 aliphatic rings. The number of hydrogen-bond acceptors (Lipinski definition) is 5. The molecule has 0 saturated heterocycles. The Balaban J connectivity index is 3.72. The van der Waals surface area contributed by atoms with E-state index in [-0.39, 0.29) is 19.8 Å². The maximum Gasteiger partial charge on any atom is 0.0663 e. The van der Waals surface area contributed by atoms with E-state index in [0.717, 1.165) is 0 Å². The number of nitrogens with two attached hydrogens (primary N) is 2. The second-order valence-corrected chi connectivity index (χ2v) is 3.11. The molecule has 0 saturated carbocycles. The van der Waals surface area contributed by atoms with Crippen LogP contribution in [0.3, 0.4) is 0 Å². The van der Waals surface area contributed by atoms with Gasteiger partial charge in [0, 0.05) is 6.54 Å². The van der Waals surface area contributed by atoms with Crippen LogP contribution in [0.5, 0.6) is 0 Å². The summed E-state index contributed by atoms with van der Waals surface area (Å²) in [5, 5.41) is 26.6. The fourth-order valence-corrected chi connectivity index (χ4v) is 0.780. The van der Waals surface area contributed by atoms with E-state index in [1.54, 1.807) is 0 Å². The van der Waals surface area contributed by atoms with E-state index in [1.807, 2.05) is 0 Å². The molecule has 1 unspecified atom stereocenters. The minimum absolute atomic E-state index is 0.174. The molecule has 0 heterocycles. The number of aliphatic hydroxyl groups excluding tert-OH is 3. The molecule has 0 aromatic carbocycles. The Morgan fingerprint density at radius 2 is 1.75 bits per heavy atom. The van der Waals surface area contributed by atoms with E-state index in [9.17, 15) is 0 Å². The van der Waals surface area contributed by atoms with E-state index in [1.165, 1.54) is 0 Å². The van der Waals surface area contributed by atoms with Crippen LogP contribution in [0, 0.1) is 0 Å². The molecule has 0 aromatic rings. The Labute approximate surface area is 72.0 Å². The van der Waals surface area contributed by atoms with Gasteiger partial charge in [-0.05, 0) is 12.8 Å². The molecule has 0 rings (SSSR count). The van der Waals surface area contributed by atoms with Crippen molar-refractivity contribution in [2.45, 2.75) is 24.5 Å². The molecule has 0 fully saturated rings. The van der Waals surface area contributed by atoms with Gasteiger partial charge in [0.1, 0.15) is 0 Å². The lowest BCUT2D eigenvalue weighted by molar-refractivity contribution is 0.0924. The molecule has 0 aliphatic carbocycles. The van der Waals surface area contributed by atoms with Crippen LogP contribution in [-0.4, -0.2) is 46.7 Å². The van der Waals surface area contributed by atoms with Crippen molar-refractivity contribution in [2.75, 3.05) is 19.8 Å². The van der Waals surface area contributed by atoms with Gasteiger partial charge in [-0.25, -0.2) is 0 Å². The first kappa shape index (κ1) is 11.8. The van der Waals surface area contributed by atoms with Gasteiger partial charge in [0.05, 0.1) is 24.9 Å². The molecule has 0 amide bonds. The van der Waals surface area contributed by atoms with Gasteiger partial charge in [0.2, 0.25) is 0 Å². The third kappa shape index (κ3) is 3.99. The Morgan fingerprint density at radius 1 is 1.25 bits per heavy atom. The van der Waals surface area contributed by atoms with Crippen LogP contribution < -0.4 is 11.5 Å². The number of rotatable bonds is 6. The van der Waals surface area contributed by atoms with Gasteiger partial charge < -0.3 is 26.8 Å². The molecule has 0 aliphatic heterocycles. The minimum atomic E-state index is -0.990. The van der Waals surface area contributed by atoms with Crippen molar-refractivity contribution in [1.82, 2.24) is 0 Å². The highest BCUT2D eigenvalue weighted by atomic mass is 16.3. The minimum Gasteiger partial charge on any atom is -0.394 e. The summed E-state index contributed by atoms with van der Waals surface area (Å²) >= 11 is 0. The predicted octanol–water partition coefficient (Wildman–Crippen LogP) is -2.23. The van der Waals surface area contributed by atoms with Crippen LogP contribution in [0.4, 0.5) is 0 Å². The zero-order chi connectivity index (χ0) is 9.61. The summed E-state index contributed by atoms with van der Waals surface area (Å²) in [7, 11) is 0. The quantitative estimate of drug-likeness (QED) is 0.316. The highest BCUT2D eigenvalue weighted by Crippen LogP contribution is 2.09. The molecule has 0 spiro atoms. The second-order valence-electron chi connectivity index (χ2n) is 3.11. The zero-order valence-electron chi connectivity index (χ0n) is 7.11. The van der Waals surface area contributed by atoms with Gasteiger partial charge >= 0.3 is 0 Å². The van der Waals surface area contributed by atoms with E-state index >= 15 is 0 Å². The molecular formula is C7H18N2O3. The lowest BCUT2D eigenvalue weighted by Crippen LogP contribution is -2.48. The van der Waals surface area contributed by atoms with Gasteiger partial charge in [0.15, 0.2) is 0 Å². The summed E-state index contributed by atoms with van der Waals surface area (Å²) < 4.78 is 0. The summed E-state index contributed by atoms with van der Waals surface area (Å²) in [6, 6.07) is 0. The van der Waals surface area contributed by atoms with Crippen LogP contribution in [0.15, 0.2) is 0 Å². The first-order valence-corrected chi connectivity index (χ1v) is 3.96. The van der Waals surface area contributed by atoms with Crippen molar-refractivity contribution >= 4 is 0 Å². The molecule has 0 bridgehead atoms. The van der Waals surface area contributed by atoms with Crippen LogP contribution in [0.2, 0.25) is 0 Å². The highest BCUT2D eigenvalue weighted by Gasteiger charge is 2.23. The van der Waals surface area contributed by atoms with Crippen molar-refractivity contribution in [2.24, 2.45) is 11.5 Å². The summed E-state index contributed by atoms with van der Waals surface area (Å²) in [6.07, 6.45) is 0.151. The molecule has 0 aromatic heterocycles. The monoisotopic (exact) mass is 178 g/mol. The van der Waals surface area contributed by atoms with Crippen molar-refractivity contribution < 1.29 is 15.3 Å². The van der Waals surface area contributed by atoms with Crippen LogP contribution in [-0.2, 0) is 0 Å². The fourth-order valence-electron chi connectivity index (χ4n) is 0.780. The van der Waals surface area contributed by atoms with Gasteiger partial charge in [-0.3, -0.25) is 0 Å². The predicted molar refractivity (Wildman–Crippen MR) is 45.4 cm³/mol. The first-order valence-electron chi connectivity index (χ1n) is 3.96.